The molecule has 226 valence electrons. The van der Waals surface area contributed by atoms with Gasteiger partial charge in [-0.2, -0.15) is 21.6 Å². The van der Waals surface area contributed by atoms with Crippen LogP contribution in [0.4, 0.5) is 24.5 Å². The number of hydrogen-bond acceptors (Lipinski definition) is 4. The first-order valence-electron chi connectivity index (χ1n) is 14.6. The van der Waals surface area contributed by atoms with Crippen LogP contribution >= 0.6 is 0 Å². The number of anilines is 1. The number of rotatable bonds is 8. The van der Waals surface area contributed by atoms with E-state index in [4.69, 9.17) is 4.10 Å². The van der Waals surface area contributed by atoms with Gasteiger partial charge in [0.15, 0.2) is 6.34 Å². The van der Waals surface area contributed by atoms with Crippen molar-refractivity contribution in [1.82, 2.24) is 0 Å². The second-order valence-corrected chi connectivity index (χ2v) is 14.5. The van der Waals surface area contributed by atoms with Crippen molar-refractivity contribution in [3.8, 4) is 0 Å². The number of halogens is 3. The van der Waals surface area contributed by atoms with Gasteiger partial charge in [0.05, 0.1) is 5.69 Å². The molecule has 0 spiro atoms. The van der Waals surface area contributed by atoms with Crippen molar-refractivity contribution in [2.24, 2.45) is 0 Å². The summed E-state index contributed by atoms with van der Waals surface area (Å²) in [6.45, 7) is 18.7. The Hall–Kier alpha value is -2.26. The molecule has 2 aromatic carbocycles. The lowest BCUT2D eigenvalue weighted by Crippen LogP contribution is -2.64. The van der Waals surface area contributed by atoms with Gasteiger partial charge < -0.3 is 13.4 Å². The Balaban J connectivity index is 2.53. The Bertz CT molecular complexity index is 1360. The molecule has 3 rings (SSSR count). The first-order chi connectivity index (χ1) is 18.8. The van der Waals surface area contributed by atoms with E-state index < -0.39 is 27.8 Å². The van der Waals surface area contributed by atoms with Crippen molar-refractivity contribution in [2.75, 3.05) is 4.81 Å². The summed E-state index contributed by atoms with van der Waals surface area (Å²) < 4.78 is 73.8. The molecule has 0 aromatic heterocycles. The number of para-hydroxylation sites is 2. The molecule has 2 unspecified atom stereocenters. The summed E-state index contributed by atoms with van der Waals surface area (Å²) in [6, 6.07) is 12.1. The predicted molar refractivity (Wildman–Crippen MR) is 166 cm³/mol. The largest absolute Gasteiger partial charge is 0.519 e. The summed E-state index contributed by atoms with van der Waals surface area (Å²) in [5.74, 6) is 0.410. The normalized spacial score (nSPS) is 20.5. The van der Waals surface area contributed by atoms with Crippen LogP contribution in [-0.2, 0) is 14.2 Å². The molecule has 0 aliphatic carbocycles. The zero-order valence-corrected chi connectivity index (χ0v) is 27.1. The zero-order chi connectivity index (χ0) is 31.2. The quantitative estimate of drug-likeness (QED) is 0.227. The van der Waals surface area contributed by atoms with Crippen molar-refractivity contribution < 1.29 is 30.2 Å². The fourth-order valence-electron chi connectivity index (χ4n) is 6.04. The van der Waals surface area contributed by atoms with Gasteiger partial charge in [0, 0.05) is 0 Å². The summed E-state index contributed by atoms with van der Waals surface area (Å²) in [5.41, 5.74) is -0.386. The Labute approximate surface area is 245 Å². The van der Waals surface area contributed by atoms with Gasteiger partial charge in [0.1, 0.15) is 5.69 Å². The lowest BCUT2D eigenvalue weighted by Gasteiger charge is -2.49. The van der Waals surface area contributed by atoms with Gasteiger partial charge in [-0.15, -0.1) is 6.82 Å². The predicted octanol–water partition coefficient (Wildman–Crippen LogP) is 8.86. The molecule has 1 heterocycles. The van der Waals surface area contributed by atoms with Crippen LogP contribution in [0.15, 0.2) is 36.4 Å². The molecule has 0 radical (unpaired) electrons. The zero-order valence-electron chi connectivity index (χ0n) is 26.2. The minimum Gasteiger partial charge on any atom is -0.436 e. The van der Waals surface area contributed by atoms with Crippen LogP contribution in [0.25, 0.3) is 0 Å². The summed E-state index contributed by atoms with van der Waals surface area (Å²) >= 11 is 0. The first-order valence-corrected chi connectivity index (χ1v) is 16.1. The average molecular weight is 592 g/mol. The van der Waals surface area contributed by atoms with E-state index in [1.54, 1.807) is 11.4 Å². The van der Waals surface area contributed by atoms with Crippen LogP contribution in [0.1, 0.15) is 108 Å². The van der Waals surface area contributed by atoms with Gasteiger partial charge in [0.2, 0.25) is 0 Å². The molecular formula is C30H45B2F3N2O3S. The Kier molecular flexibility index (Phi) is 9.56. The van der Waals surface area contributed by atoms with Crippen molar-refractivity contribution in [1.29, 1.82) is 0 Å². The molecule has 0 saturated heterocycles. The lowest BCUT2D eigenvalue weighted by molar-refractivity contribution is -0.315. The first kappa shape index (κ1) is 33.2. The lowest BCUT2D eigenvalue weighted by atomic mass is 9.26. The van der Waals surface area contributed by atoms with E-state index in [0.29, 0.717) is 5.69 Å². The topological polar surface area (TPSA) is 49.6 Å². The Morgan fingerprint density at radius 2 is 1.24 bits per heavy atom. The molecule has 0 N–H and O–H groups in total. The molecule has 1 aliphatic rings. The van der Waals surface area contributed by atoms with E-state index >= 15 is 0 Å². The Morgan fingerprint density at radius 3 is 1.61 bits per heavy atom. The van der Waals surface area contributed by atoms with Crippen LogP contribution in [0, 0.1) is 0 Å². The van der Waals surface area contributed by atoms with Gasteiger partial charge in [0.25, 0.3) is 0 Å². The van der Waals surface area contributed by atoms with E-state index in [2.05, 4.69) is 44.6 Å². The van der Waals surface area contributed by atoms with Gasteiger partial charge >= 0.3 is 29.0 Å². The molecule has 0 bridgehead atoms. The third-order valence-electron chi connectivity index (χ3n) is 8.78. The summed E-state index contributed by atoms with van der Waals surface area (Å²) in [5, 5.41) is 0. The van der Waals surface area contributed by atoms with Gasteiger partial charge in [-0.3, -0.25) is 0 Å². The number of hydrogen-bond donors (Lipinski definition) is 0. The SMILES string of the molecule is CB1C(C)[B-](C)(OS(=O)(=O)C(F)(F)F)[N+](c2c(C(C)C)cccc2C(C)C)=CN1c1c(C(C)C)cccc1C(C)C. The minimum absolute atomic E-state index is 0.0219. The molecule has 41 heavy (non-hydrogen) atoms. The van der Waals surface area contributed by atoms with Crippen LogP contribution in [0.5, 0.6) is 0 Å². The molecule has 0 saturated carbocycles. The van der Waals surface area contributed by atoms with E-state index in [1.165, 1.54) is 6.82 Å². The van der Waals surface area contributed by atoms with Crippen LogP contribution in [-0.4, -0.2) is 38.1 Å². The number of benzene rings is 2. The van der Waals surface area contributed by atoms with Gasteiger partial charge in [-0.1, -0.05) is 104 Å². The van der Waals surface area contributed by atoms with Crippen molar-refractivity contribution in [3.63, 3.8) is 0 Å². The van der Waals surface area contributed by atoms with Gasteiger partial charge in [-0.25, -0.2) is 0 Å². The fraction of sp³-hybridized carbons (Fsp3) is 0.567. The molecule has 1 aliphatic heterocycles. The second-order valence-electron chi connectivity index (χ2n) is 12.9. The fourth-order valence-corrected chi connectivity index (χ4v) is 6.93. The molecule has 11 heteroatoms. The second kappa shape index (κ2) is 11.8. The maximum Gasteiger partial charge on any atom is 0.519 e. The number of nitrogens with zero attached hydrogens (tertiary/aromatic N) is 2. The summed E-state index contributed by atoms with van der Waals surface area (Å²) in [6.07, 6.45) is 1.82. The van der Waals surface area contributed by atoms with Crippen LogP contribution in [0.2, 0.25) is 19.4 Å². The third kappa shape index (κ3) is 6.12. The summed E-state index contributed by atoms with van der Waals surface area (Å²) in [4.78, 5) is 2.13. The highest BCUT2D eigenvalue weighted by Crippen LogP contribution is 2.46. The van der Waals surface area contributed by atoms with Crippen molar-refractivity contribution >= 4 is 41.2 Å². The average Bonchev–Trinajstić information content (AvgIpc) is 2.85. The van der Waals surface area contributed by atoms with Crippen LogP contribution in [0.3, 0.4) is 0 Å². The highest BCUT2D eigenvalue weighted by Gasteiger charge is 2.57. The van der Waals surface area contributed by atoms with E-state index in [0.717, 1.165) is 27.9 Å². The van der Waals surface area contributed by atoms with E-state index in [9.17, 15) is 21.6 Å². The summed E-state index contributed by atoms with van der Waals surface area (Å²) in [7, 11) is -5.90. The highest BCUT2D eigenvalue weighted by atomic mass is 32.2. The van der Waals surface area contributed by atoms with Crippen molar-refractivity contribution in [2.45, 2.75) is 111 Å². The van der Waals surface area contributed by atoms with Crippen LogP contribution < -0.4 is 4.81 Å². The standard InChI is InChI=1S/C30H45B2F3N2O3S/c1-19(2)24-14-12-15-25(20(3)4)28(24)36-18-37(29-26(21(5)6)16-13-17-27(29)22(7)8)32(11,23(9)31(36)10)40-41(38,39)30(33,34)35/h12-23H,1-11H3. The smallest absolute Gasteiger partial charge is 0.436 e. The maximum atomic E-state index is 13.8. The number of alkyl halides is 3. The molecule has 2 aromatic rings. The molecule has 5 nitrogen and oxygen atoms in total. The molecule has 0 amide bonds. The van der Waals surface area contributed by atoms with E-state index in [-0.39, 0.29) is 30.5 Å². The monoisotopic (exact) mass is 592 g/mol. The highest BCUT2D eigenvalue weighted by molar-refractivity contribution is 7.88. The van der Waals surface area contributed by atoms with E-state index in [1.807, 2.05) is 65.1 Å². The van der Waals surface area contributed by atoms with Crippen molar-refractivity contribution in [3.05, 3.63) is 58.7 Å². The molecular weight excluding hydrogens is 547 g/mol. The molecule has 2 atom stereocenters. The molecule has 0 fully saturated rings. The Morgan fingerprint density at radius 1 is 0.854 bits per heavy atom. The third-order valence-corrected chi connectivity index (χ3v) is 9.99. The van der Waals surface area contributed by atoms with Gasteiger partial charge in [-0.05, 0) is 52.7 Å². The minimum atomic E-state index is -5.90. The maximum absolute atomic E-state index is 13.8.